The van der Waals surface area contributed by atoms with E-state index in [1.54, 1.807) is 11.3 Å². The molecule has 1 saturated heterocycles. The highest BCUT2D eigenvalue weighted by molar-refractivity contribution is 7.18. The second-order valence-electron chi connectivity index (χ2n) is 5.57. The van der Waals surface area contributed by atoms with Crippen molar-refractivity contribution in [2.75, 3.05) is 11.9 Å². The summed E-state index contributed by atoms with van der Waals surface area (Å²) in [6.45, 7) is 0.772. The van der Waals surface area contributed by atoms with Crippen molar-refractivity contribution in [3.8, 4) is 0 Å². The maximum absolute atomic E-state index is 12.1. The second-order valence-corrected chi connectivity index (χ2v) is 7.69. The first-order valence-electron chi connectivity index (χ1n) is 7.87. The number of hydrogen-bond acceptors (Lipinski definition) is 7. The number of carbonyl (C=O) groups is 1. The number of thiazole rings is 1. The molecular weight excluding hydrogens is 344 g/mol. The van der Waals surface area contributed by atoms with Crippen LogP contribution in [0.15, 0.2) is 24.3 Å². The minimum atomic E-state index is -0.0655. The van der Waals surface area contributed by atoms with Crippen LogP contribution < -0.4 is 5.32 Å². The largest absolute Gasteiger partial charge is 0.371 e. The van der Waals surface area contributed by atoms with Gasteiger partial charge in [-0.25, -0.2) is 4.98 Å². The summed E-state index contributed by atoms with van der Waals surface area (Å²) in [6.07, 6.45) is 3.07. The molecule has 0 aliphatic carbocycles. The van der Waals surface area contributed by atoms with Crippen LogP contribution in [0.2, 0.25) is 0 Å². The predicted octanol–water partition coefficient (Wildman–Crippen LogP) is 3.57. The number of rotatable bonds is 5. The smallest absolute Gasteiger partial charge is 0.226 e. The Balaban J connectivity index is 1.33. The predicted molar refractivity (Wildman–Crippen MR) is 94.4 cm³/mol. The number of benzene rings is 1. The Bertz CT molecular complexity index is 822. The lowest BCUT2D eigenvalue weighted by molar-refractivity contribution is -0.116. The zero-order valence-electron chi connectivity index (χ0n) is 12.9. The van der Waals surface area contributed by atoms with Crippen LogP contribution in [0.3, 0.4) is 0 Å². The highest BCUT2D eigenvalue weighted by atomic mass is 32.1. The molecule has 3 aromatic rings. The van der Waals surface area contributed by atoms with Crippen molar-refractivity contribution in [3.05, 3.63) is 34.3 Å². The quantitative estimate of drug-likeness (QED) is 0.753. The van der Waals surface area contributed by atoms with Crippen molar-refractivity contribution in [1.82, 2.24) is 15.2 Å². The SMILES string of the molecule is O=C(CCc1nc2ccccc2s1)Nc1nnc(C2CCCO2)s1. The lowest BCUT2D eigenvalue weighted by atomic mass is 10.2. The summed E-state index contributed by atoms with van der Waals surface area (Å²) in [7, 11) is 0. The monoisotopic (exact) mass is 360 g/mol. The first kappa shape index (κ1) is 15.6. The van der Waals surface area contributed by atoms with Crippen molar-refractivity contribution < 1.29 is 9.53 Å². The van der Waals surface area contributed by atoms with Crippen LogP contribution >= 0.6 is 22.7 Å². The van der Waals surface area contributed by atoms with Crippen LogP contribution in [0.25, 0.3) is 10.2 Å². The van der Waals surface area contributed by atoms with Crippen molar-refractivity contribution >= 4 is 43.9 Å². The fourth-order valence-corrected chi connectivity index (χ4v) is 4.43. The fraction of sp³-hybridized carbons (Fsp3) is 0.375. The Morgan fingerprint density at radius 2 is 2.21 bits per heavy atom. The molecule has 0 radical (unpaired) electrons. The molecule has 4 rings (SSSR count). The lowest BCUT2D eigenvalue weighted by Gasteiger charge is -2.02. The van der Waals surface area contributed by atoms with Gasteiger partial charge in [-0.05, 0) is 25.0 Å². The van der Waals surface area contributed by atoms with Gasteiger partial charge in [0.25, 0.3) is 0 Å². The molecule has 1 aromatic carbocycles. The molecule has 1 aliphatic rings. The number of aromatic nitrogens is 3. The van der Waals surface area contributed by atoms with Gasteiger partial charge >= 0.3 is 0 Å². The summed E-state index contributed by atoms with van der Waals surface area (Å²) in [5, 5.41) is 13.3. The number of nitrogens with one attached hydrogen (secondary N) is 1. The molecule has 0 spiro atoms. The number of aryl methyl sites for hydroxylation is 1. The second kappa shape index (κ2) is 6.92. The van der Waals surface area contributed by atoms with Gasteiger partial charge in [-0.1, -0.05) is 23.5 Å². The summed E-state index contributed by atoms with van der Waals surface area (Å²) in [4.78, 5) is 16.6. The number of carbonyl (C=O) groups excluding carboxylic acids is 1. The topological polar surface area (TPSA) is 77.0 Å². The van der Waals surface area contributed by atoms with E-state index in [0.29, 0.717) is 18.0 Å². The van der Waals surface area contributed by atoms with E-state index < -0.39 is 0 Å². The Morgan fingerprint density at radius 3 is 3.04 bits per heavy atom. The molecule has 8 heteroatoms. The molecule has 24 heavy (non-hydrogen) atoms. The average molecular weight is 360 g/mol. The highest BCUT2D eigenvalue weighted by Crippen LogP contribution is 2.32. The molecular formula is C16H16N4O2S2. The maximum atomic E-state index is 12.1. The van der Waals surface area contributed by atoms with E-state index in [2.05, 4.69) is 20.5 Å². The van der Waals surface area contributed by atoms with Gasteiger partial charge in [-0.2, -0.15) is 0 Å². The normalized spacial score (nSPS) is 17.4. The molecule has 3 heterocycles. The molecule has 0 saturated carbocycles. The van der Waals surface area contributed by atoms with Gasteiger partial charge in [0, 0.05) is 19.4 Å². The van der Waals surface area contributed by atoms with E-state index in [-0.39, 0.29) is 12.0 Å². The number of fused-ring (bicyclic) bond motifs is 1. The summed E-state index contributed by atoms with van der Waals surface area (Å²) < 4.78 is 6.73. The van der Waals surface area contributed by atoms with Crippen LogP contribution in [0.1, 0.15) is 35.4 Å². The van der Waals surface area contributed by atoms with E-state index in [0.717, 1.165) is 39.7 Å². The van der Waals surface area contributed by atoms with Crippen molar-refractivity contribution in [2.24, 2.45) is 0 Å². The van der Waals surface area contributed by atoms with E-state index in [9.17, 15) is 4.79 Å². The zero-order valence-corrected chi connectivity index (χ0v) is 14.5. The average Bonchev–Trinajstić information content (AvgIpc) is 3.32. The van der Waals surface area contributed by atoms with Crippen LogP contribution in [-0.4, -0.2) is 27.7 Å². The van der Waals surface area contributed by atoms with Crippen LogP contribution in [0, 0.1) is 0 Å². The van der Waals surface area contributed by atoms with E-state index >= 15 is 0 Å². The van der Waals surface area contributed by atoms with Crippen LogP contribution in [0.4, 0.5) is 5.13 Å². The molecule has 1 atom stereocenters. The molecule has 124 valence electrons. The summed E-state index contributed by atoms with van der Waals surface area (Å²) in [5.74, 6) is -0.0655. The van der Waals surface area contributed by atoms with E-state index in [1.807, 2.05) is 24.3 Å². The Morgan fingerprint density at radius 1 is 1.29 bits per heavy atom. The van der Waals surface area contributed by atoms with Crippen LogP contribution in [0.5, 0.6) is 0 Å². The molecule has 6 nitrogen and oxygen atoms in total. The number of hydrogen-bond donors (Lipinski definition) is 1. The number of para-hydroxylation sites is 1. The first-order valence-corrected chi connectivity index (χ1v) is 9.50. The van der Waals surface area contributed by atoms with Crippen molar-refractivity contribution in [3.63, 3.8) is 0 Å². The minimum Gasteiger partial charge on any atom is -0.371 e. The number of amides is 1. The molecule has 0 bridgehead atoms. The Kier molecular flexibility index (Phi) is 4.50. The van der Waals surface area contributed by atoms with Gasteiger partial charge in [0.2, 0.25) is 11.0 Å². The lowest BCUT2D eigenvalue weighted by Crippen LogP contribution is -2.12. The summed E-state index contributed by atoms with van der Waals surface area (Å²) in [5.41, 5.74) is 0.989. The summed E-state index contributed by atoms with van der Waals surface area (Å²) >= 11 is 3.03. The fourth-order valence-electron chi connectivity index (χ4n) is 2.62. The maximum Gasteiger partial charge on any atom is 0.226 e. The molecule has 2 aromatic heterocycles. The van der Waals surface area contributed by atoms with Gasteiger partial charge in [0.1, 0.15) is 11.1 Å². The first-order chi connectivity index (χ1) is 11.8. The van der Waals surface area contributed by atoms with Gasteiger partial charge in [0.15, 0.2) is 0 Å². The van der Waals surface area contributed by atoms with E-state index in [1.165, 1.54) is 11.3 Å². The van der Waals surface area contributed by atoms with Crippen molar-refractivity contribution in [2.45, 2.75) is 31.8 Å². The highest BCUT2D eigenvalue weighted by Gasteiger charge is 2.22. The van der Waals surface area contributed by atoms with Gasteiger partial charge in [0.05, 0.1) is 15.2 Å². The standard InChI is InChI=1S/C16H16N4O2S2/c21-13(7-8-14-17-10-4-1-2-6-12(10)23-14)18-16-20-19-15(24-16)11-5-3-9-22-11/h1-2,4,6,11H,3,5,7-9H2,(H,18,20,21). The Labute approximate surface area is 146 Å². The summed E-state index contributed by atoms with van der Waals surface area (Å²) in [6, 6.07) is 8.01. The minimum absolute atomic E-state index is 0.0379. The third-order valence-corrected chi connectivity index (χ3v) is 5.82. The third kappa shape index (κ3) is 3.45. The molecule has 1 fully saturated rings. The molecule has 1 aliphatic heterocycles. The molecule has 1 amide bonds. The van der Waals surface area contributed by atoms with Gasteiger partial charge < -0.3 is 10.1 Å². The molecule has 1 unspecified atom stereocenters. The number of anilines is 1. The van der Waals surface area contributed by atoms with Gasteiger partial charge in [-0.15, -0.1) is 21.5 Å². The van der Waals surface area contributed by atoms with E-state index in [4.69, 9.17) is 4.74 Å². The third-order valence-electron chi connectivity index (χ3n) is 3.80. The number of nitrogens with zero attached hydrogens (tertiary/aromatic N) is 3. The van der Waals surface area contributed by atoms with Gasteiger partial charge in [-0.3, -0.25) is 4.79 Å². The Hall–Kier alpha value is -1.90. The zero-order chi connectivity index (χ0) is 16.4. The number of ether oxygens (including phenoxy) is 1. The molecule has 1 N–H and O–H groups in total. The van der Waals surface area contributed by atoms with Crippen molar-refractivity contribution in [1.29, 1.82) is 0 Å². The van der Waals surface area contributed by atoms with Crippen LogP contribution in [-0.2, 0) is 16.0 Å².